The first-order valence-corrected chi connectivity index (χ1v) is 7.83. The summed E-state index contributed by atoms with van der Waals surface area (Å²) in [6.45, 7) is 11.3. The van der Waals surface area contributed by atoms with E-state index in [2.05, 4.69) is 38.0 Å². The molecule has 0 bridgehead atoms. The first kappa shape index (κ1) is 15.6. The molecule has 1 aromatic rings. The van der Waals surface area contributed by atoms with Crippen LogP contribution in [0.5, 0.6) is 0 Å². The molecule has 1 heterocycles. The lowest BCUT2D eigenvalue weighted by molar-refractivity contribution is -0.0506. The smallest absolute Gasteiger partial charge is 0.125 e. The third kappa shape index (κ3) is 3.77. The van der Waals surface area contributed by atoms with Crippen LogP contribution in [0.3, 0.4) is 0 Å². The molecule has 18 heavy (non-hydrogen) atoms. The minimum absolute atomic E-state index is 0.178. The molecule has 0 aliphatic heterocycles. The molecule has 0 aliphatic rings. The molecule has 1 aromatic heterocycles. The van der Waals surface area contributed by atoms with E-state index in [0.29, 0.717) is 0 Å². The first-order valence-electron chi connectivity index (χ1n) is 7.02. The summed E-state index contributed by atoms with van der Waals surface area (Å²) in [5.74, 6) is 0. The zero-order valence-electron chi connectivity index (χ0n) is 12.1. The van der Waals surface area contributed by atoms with E-state index >= 15 is 0 Å². The van der Waals surface area contributed by atoms with Gasteiger partial charge in [0, 0.05) is 24.2 Å². The van der Waals surface area contributed by atoms with Gasteiger partial charge in [-0.3, -0.25) is 0 Å². The number of ether oxygens (including phenoxy) is 1. The minimum atomic E-state index is -0.178. The predicted octanol–water partition coefficient (Wildman–Crippen LogP) is 3.69. The summed E-state index contributed by atoms with van der Waals surface area (Å²) in [6, 6.07) is 0. The Bertz CT molecular complexity index is 334. The number of hydrogen-bond donors (Lipinski definition) is 1. The Hall–Kier alpha value is -0.450. The minimum Gasteiger partial charge on any atom is -0.368 e. The average molecular weight is 270 g/mol. The molecule has 0 fully saturated rings. The Morgan fingerprint density at radius 2 is 2.00 bits per heavy atom. The highest BCUT2D eigenvalue weighted by Crippen LogP contribution is 2.35. The lowest BCUT2D eigenvalue weighted by Gasteiger charge is -2.29. The number of nitrogens with zero attached hydrogens (tertiary/aromatic N) is 1. The van der Waals surface area contributed by atoms with Crippen molar-refractivity contribution in [3.8, 4) is 0 Å². The topological polar surface area (TPSA) is 34.2 Å². The highest BCUT2D eigenvalue weighted by atomic mass is 32.1. The van der Waals surface area contributed by atoms with Crippen LogP contribution in [0.1, 0.15) is 56.8 Å². The molecular formula is C14H26N2OS. The second kappa shape index (κ2) is 7.87. The molecule has 0 radical (unpaired) electrons. The van der Waals surface area contributed by atoms with Crippen molar-refractivity contribution in [2.75, 3.05) is 13.2 Å². The molecule has 0 unspecified atom stereocenters. The molecule has 3 nitrogen and oxygen atoms in total. The predicted molar refractivity (Wildman–Crippen MR) is 78.0 cm³/mol. The number of rotatable bonds is 9. The summed E-state index contributed by atoms with van der Waals surface area (Å²) in [6.07, 6.45) is 5.11. The van der Waals surface area contributed by atoms with Gasteiger partial charge in [0.15, 0.2) is 0 Å². The van der Waals surface area contributed by atoms with Gasteiger partial charge in [-0.2, -0.15) is 0 Å². The van der Waals surface area contributed by atoms with Crippen LogP contribution in [0.2, 0.25) is 0 Å². The van der Waals surface area contributed by atoms with Crippen molar-refractivity contribution in [3.05, 3.63) is 16.1 Å². The quantitative estimate of drug-likeness (QED) is 0.695. The molecule has 4 heteroatoms. The van der Waals surface area contributed by atoms with E-state index in [4.69, 9.17) is 4.74 Å². The molecule has 0 saturated heterocycles. The second-order valence-electron chi connectivity index (χ2n) is 4.44. The number of nitrogens with one attached hydrogen (secondary N) is 1. The Morgan fingerprint density at radius 3 is 2.56 bits per heavy atom. The van der Waals surface area contributed by atoms with E-state index in [1.54, 1.807) is 11.3 Å². The zero-order valence-corrected chi connectivity index (χ0v) is 12.9. The number of aromatic nitrogens is 1. The maximum Gasteiger partial charge on any atom is 0.125 e. The summed E-state index contributed by atoms with van der Waals surface area (Å²) in [7, 11) is 0. The Balaban J connectivity index is 2.74. The Morgan fingerprint density at radius 1 is 1.28 bits per heavy atom. The number of hydrogen-bond acceptors (Lipinski definition) is 4. The summed E-state index contributed by atoms with van der Waals surface area (Å²) >= 11 is 1.78. The van der Waals surface area contributed by atoms with Crippen LogP contribution < -0.4 is 5.32 Å². The monoisotopic (exact) mass is 270 g/mol. The van der Waals surface area contributed by atoms with Gasteiger partial charge in [0.05, 0.1) is 0 Å². The normalized spacial score (nSPS) is 12.0. The molecule has 104 valence electrons. The van der Waals surface area contributed by atoms with Crippen molar-refractivity contribution >= 4 is 11.3 Å². The molecule has 0 saturated carbocycles. The first-order chi connectivity index (χ1) is 8.72. The molecule has 1 N–H and O–H groups in total. The van der Waals surface area contributed by atoms with E-state index < -0.39 is 0 Å². The van der Waals surface area contributed by atoms with Crippen molar-refractivity contribution in [2.45, 2.75) is 59.1 Å². The lowest BCUT2D eigenvalue weighted by Crippen LogP contribution is -2.28. The average Bonchev–Trinajstić information content (AvgIpc) is 2.86. The maximum atomic E-state index is 5.98. The van der Waals surface area contributed by atoms with Crippen molar-refractivity contribution < 1.29 is 4.74 Å². The van der Waals surface area contributed by atoms with Gasteiger partial charge in [-0.25, -0.2) is 4.98 Å². The zero-order chi connectivity index (χ0) is 13.4. The Labute approximate surface area is 115 Å². The van der Waals surface area contributed by atoms with Crippen LogP contribution in [0.4, 0.5) is 0 Å². The van der Waals surface area contributed by atoms with Crippen LogP contribution in [0.25, 0.3) is 0 Å². The SMILES string of the molecule is CCCNCc1cnc(C(CC)(CC)OCC)s1. The van der Waals surface area contributed by atoms with Crippen LogP contribution in [0.15, 0.2) is 6.20 Å². The highest BCUT2D eigenvalue weighted by Gasteiger charge is 2.32. The fourth-order valence-electron chi connectivity index (χ4n) is 2.08. The van der Waals surface area contributed by atoms with Gasteiger partial charge >= 0.3 is 0 Å². The third-order valence-corrected chi connectivity index (χ3v) is 4.41. The lowest BCUT2D eigenvalue weighted by atomic mass is 9.98. The van der Waals surface area contributed by atoms with Crippen LogP contribution in [-0.2, 0) is 16.9 Å². The van der Waals surface area contributed by atoms with Crippen LogP contribution in [-0.4, -0.2) is 18.1 Å². The van der Waals surface area contributed by atoms with Crippen molar-refractivity contribution in [2.24, 2.45) is 0 Å². The van der Waals surface area contributed by atoms with Gasteiger partial charge in [-0.15, -0.1) is 11.3 Å². The van der Waals surface area contributed by atoms with Gasteiger partial charge in [0.2, 0.25) is 0 Å². The fourth-order valence-corrected chi connectivity index (χ4v) is 3.25. The van der Waals surface area contributed by atoms with Crippen molar-refractivity contribution in [1.29, 1.82) is 0 Å². The molecule has 0 spiro atoms. The summed E-state index contributed by atoms with van der Waals surface area (Å²) in [4.78, 5) is 5.88. The molecule has 0 amide bonds. The van der Waals surface area contributed by atoms with E-state index in [-0.39, 0.29) is 5.60 Å². The van der Waals surface area contributed by atoms with Gasteiger partial charge in [-0.1, -0.05) is 20.8 Å². The van der Waals surface area contributed by atoms with E-state index in [9.17, 15) is 0 Å². The Kier molecular flexibility index (Phi) is 6.82. The largest absolute Gasteiger partial charge is 0.368 e. The fraction of sp³-hybridized carbons (Fsp3) is 0.786. The molecule has 0 aromatic carbocycles. The van der Waals surface area contributed by atoms with E-state index in [0.717, 1.165) is 37.5 Å². The van der Waals surface area contributed by atoms with Crippen LogP contribution >= 0.6 is 11.3 Å². The van der Waals surface area contributed by atoms with E-state index in [1.165, 1.54) is 11.3 Å². The molecule has 0 aliphatic carbocycles. The third-order valence-electron chi connectivity index (χ3n) is 3.23. The van der Waals surface area contributed by atoms with Crippen LogP contribution in [0, 0.1) is 0 Å². The second-order valence-corrected chi connectivity index (χ2v) is 5.56. The van der Waals surface area contributed by atoms with Crippen molar-refractivity contribution in [1.82, 2.24) is 10.3 Å². The van der Waals surface area contributed by atoms with Crippen molar-refractivity contribution in [3.63, 3.8) is 0 Å². The maximum absolute atomic E-state index is 5.98. The standard InChI is InChI=1S/C14H26N2OS/c1-5-9-15-10-12-11-16-13(18-12)14(6-2,7-3)17-8-4/h11,15H,5-10H2,1-4H3. The van der Waals surface area contributed by atoms with Gasteiger partial charge in [-0.05, 0) is 32.7 Å². The summed E-state index contributed by atoms with van der Waals surface area (Å²) in [5.41, 5.74) is -0.178. The summed E-state index contributed by atoms with van der Waals surface area (Å²) in [5, 5.41) is 4.54. The van der Waals surface area contributed by atoms with Gasteiger partial charge in [0.25, 0.3) is 0 Å². The van der Waals surface area contributed by atoms with E-state index in [1.807, 2.05) is 6.20 Å². The molecule has 0 atom stereocenters. The van der Waals surface area contributed by atoms with Gasteiger partial charge in [0.1, 0.15) is 10.6 Å². The number of thiazole rings is 1. The highest BCUT2D eigenvalue weighted by molar-refractivity contribution is 7.11. The molecular weight excluding hydrogens is 244 g/mol. The molecule has 1 rings (SSSR count). The summed E-state index contributed by atoms with van der Waals surface area (Å²) < 4.78 is 5.98. The van der Waals surface area contributed by atoms with Gasteiger partial charge < -0.3 is 10.1 Å².